The van der Waals surface area contributed by atoms with Crippen LogP contribution >= 0.6 is 0 Å². The van der Waals surface area contributed by atoms with E-state index in [1.807, 2.05) is 0 Å². The highest BCUT2D eigenvalue weighted by atomic mass is 19.1. The highest BCUT2D eigenvalue weighted by Gasteiger charge is 2.33. The van der Waals surface area contributed by atoms with Gasteiger partial charge in [-0.3, -0.25) is 4.79 Å². The predicted molar refractivity (Wildman–Crippen MR) is 45.1 cm³/mol. The van der Waals surface area contributed by atoms with E-state index in [1.165, 1.54) is 13.2 Å². The van der Waals surface area contributed by atoms with Gasteiger partial charge in [0.1, 0.15) is 5.69 Å². The molecule has 0 fully saturated rings. The first-order valence-corrected chi connectivity index (χ1v) is 4.12. The molecule has 1 aromatic heterocycles. The second-order valence-electron chi connectivity index (χ2n) is 3.10. The number of Topliss-reactive ketones (excluding diaryl/α,β-unsaturated/α-hetero) is 1. The zero-order chi connectivity index (χ0) is 10.3. The van der Waals surface area contributed by atoms with E-state index in [2.05, 4.69) is 9.72 Å². The smallest absolute Gasteiger partial charge is 0.354 e. The third-order valence-electron chi connectivity index (χ3n) is 2.24. The van der Waals surface area contributed by atoms with Crippen molar-refractivity contribution in [1.29, 1.82) is 0 Å². The van der Waals surface area contributed by atoms with Crippen LogP contribution in [0, 0.1) is 0 Å². The molecule has 1 N–H and O–H groups in total. The van der Waals surface area contributed by atoms with Gasteiger partial charge in [0.25, 0.3) is 0 Å². The molecule has 1 unspecified atom stereocenters. The lowest BCUT2D eigenvalue weighted by atomic mass is 10.2. The second kappa shape index (κ2) is 2.94. The molecular formula is C9H8FNO3. The minimum atomic E-state index is -1.47. The van der Waals surface area contributed by atoms with Crippen LogP contribution in [0.5, 0.6) is 0 Å². The van der Waals surface area contributed by atoms with Gasteiger partial charge >= 0.3 is 5.97 Å². The Hall–Kier alpha value is -1.65. The summed E-state index contributed by atoms with van der Waals surface area (Å²) in [6.07, 6.45) is -1.45. The van der Waals surface area contributed by atoms with E-state index in [0.29, 0.717) is 5.69 Å². The summed E-state index contributed by atoms with van der Waals surface area (Å²) in [4.78, 5) is 24.9. The molecule has 1 aliphatic carbocycles. The number of aromatic amines is 1. The van der Waals surface area contributed by atoms with E-state index in [1.54, 1.807) is 0 Å². The SMILES string of the molecule is COC(=O)c1cc2c([nH]1)CC(F)C2=O. The molecule has 1 heterocycles. The van der Waals surface area contributed by atoms with Gasteiger partial charge in [-0.05, 0) is 6.07 Å². The van der Waals surface area contributed by atoms with Gasteiger partial charge in [0.15, 0.2) is 12.0 Å². The first kappa shape index (κ1) is 8.93. The molecule has 1 aromatic rings. The lowest BCUT2D eigenvalue weighted by Crippen LogP contribution is -2.10. The van der Waals surface area contributed by atoms with Crippen LogP contribution < -0.4 is 0 Å². The topological polar surface area (TPSA) is 59.2 Å². The Kier molecular flexibility index (Phi) is 1.87. The van der Waals surface area contributed by atoms with Crippen molar-refractivity contribution < 1.29 is 18.7 Å². The second-order valence-corrected chi connectivity index (χ2v) is 3.10. The molecule has 0 aromatic carbocycles. The van der Waals surface area contributed by atoms with E-state index in [-0.39, 0.29) is 17.7 Å². The first-order chi connectivity index (χ1) is 6.63. The molecule has 0 saturated carbocycles. The van der Waals surface area contributed by atoms with Gasteiger partial charge in [-0.15, -0.1) is 0 Å². The summed E-state index contributed by atoms with van der Waals surface area (Å²) < 4.78 is 17.3. The summed E-state index contributed by atoms with van der Waals surface area (Å²) in [6.45, 7) is 0. The molecule has 74 valence electrons. The number of carbonyl (C=O) groups is 2. The monoisotopic (exact) mass is 197 g/mol. The summed E-state index contributed by atoms with van der Waals surface area (Å²) in [5.74, 6) is -1.12. The lowest BCUT2D eigenvalue weighted by Gasteiger charge is -1.96. The fraction of sp³-hybridized carbons (Fsp3) is 0.333. The standard InChI is InChI=1S/C9H8FNO3/c1-14-9(13)7-2-4-6(11-7)3-5(10)8(4)12/h2,5,11H,3H2,1H3. The van der Waals surface area contributed by atoms with Crippen molar-refractivity contribution >= 4 is 11.8 Å². The maximum absolute atomic E-state index is 12.9. The maximum Gasteiger partial charge on any atom is 0.354 e. The Morgan fingerprint density at radius 3 is 3.00 bits per heavy atom. The average molecular weight is 197 g/mol. The number of ketones is 1. The Morgan fingerprint density at radius 1 is 1.71 bits per heavy atom. The van der Waals surface area contributed by atoms with Crippen LogP contribution in [-0.4, -0.2) is 30.0 Å². The molecule has 5 heteroatoms. The van der Waals surface area contributed by atoms with Crippen LogP contribution in [0.2, 0.25) is 0 Å². The number of fused-ring (bicyclic) bond motifs is 1. The summed E-state index contributed by atoms with van der Waals surface area (Å²) in [5.41, 5.74) is 0.929. The molecule has 4 nitrogen and oxygen atoms in total. The van der Waals surface area contributed by atoms with E-state index >= 15 is 0 Å². The van der Waals surface area contributed by atoms with Crippen molar-refractivity contribution in [1.82, 2.24) is 4.98 Å². The Bertz CT molecular complexity index is 410. The van der Waals surface area contributed by atoms with E-state index in [0.717, 1.165) is 0 Å². The number of ether oxygens (including phenoxy) is 1. The average Bonchev–Trinajstić information content (AvgIpc) is 2.68. The third-order valence-corrected chi connectivity index (χ3v) is 2.24. The van der Waals surface area contributed by atoms with Crippen molar-refractivity contribution in [3.63, 3.8) is 0 Å². The summed E-state index contributed by atoms with van der Waals surface area (Å²) in [7, 11) is 1.24. The predicted octanol–water partition coefficient (Wildman–Crippen LogP) is 0.878. The van der Waals surface area contributed by atoms with Gasteiger partial charge in [-0.25, -0.2) is 9.18 Å². The number of rotatable bonds is 1. The van der Waals surface area contributed by atoms with Crippen molar-refractivity contribution in [3.8, 4) is 0 Å². The Balaban J connectivity index is 2.37. The highest BCUT2D eigenvalue weighted by Crippen LogP contribution is 2.24. The van der Waals surface area contributed by atoms with Crippen molar-refractivity contribution in [2.24, 2.45) is 0 Å². The third kappa shape index (κ3) is 1.13. The number of H-pyrrole nitrogens is 1. The number of hydrogen-bond donors (Lipinski definition) is 1. The van der Waals surface area contributed by atoms with E-state index in [4.69, 9.17) is 0 Å². The molecule has 1 aliphatic rings. The molecule has 14 heavy (non-hydrogen) atoms. The van der Waals surface area contributed by atoms with Crippen LogP contribution in [0.25, 0.3) is 0 Å². The van der Waals surface area contributed by atoms with Crippen LogP contribution in [0.1, 0.15) is 26.5 Å². The summed E-state index contributed by atoms with van der Waals surface area (Å²) in [5, 5.41) is 0. The largest absolute Gasteiger partial charge is 0.464 e. The zero-order valence-electron chi connectivity index (χ0n) is 7.46. The molecule has 0 radical (unpaired) electrons. The van der Waals surface area contributed by atoms with Crippen molar-refractivity contribution in [2.45, 2.75) is 12.6 Å². The highest BCUT2D eigenvalue weighted by molar-refractivity contribution is 6.05. The number of alkyl halides is 1. The molecule has 0 spiro atoms. The van der Waals surface area contributed by atoms with Crippen LogP contribution in [0.4, 0.5) is 4.39 Å². The molecular weight excluding hydrogens is 189 g/mol. The molecule has 0 saturated heterocycles. The molecule has 1 atom stereocenters. The normalized spacial score (nSPS) is 19.6. The van der Waals surface area contributed by atoms with Gasteiger partial charge in [0, 0.05) is 17.7 Å². The minimum Gasteiger partial charge on any atom is -0.464 e. The van der Waals surface area contributed by atoms with E-state index in [9.17, 15) is 14.0 Å². The van der Waals surface area contributed by atoms with Gasteiger partial charge in [0.05, 0.1) is 7.11 Å². The Morgan fingerprint density at radius 2 is 2.43 bits per heavy atom. The van der Waals surface area contributed by atoms with Gasteiger partial charge in [0.2, 0.25) is 0 Å². The number of carbonyl (C=O) groups excluding carboxylic acids is 2. The minimum absolute atomic E-state index is 0.0190. The Labute approximate surface area is 79.1 Å². The van der Waals surface area contributed by atoms with Gasteiger partial charge < -0.3 is 9.72 Å². The van der Waals surface area contributed by atoms with E-state index < -0.39 is 17.9 Å². The number of hydrogen-bond acceptors (Lipinski definition) is 3. The van der Waals surface area contributed by atoms with Crippen LogP contribution in [0.15, 0.2) is 6.07 Å². The summed E-state index contributed by atoms with van der Waals surface area (Å²) >= 11 is 0. The number of nitrogens with one attached hydrogen (secondary N) is 1. The van der Waals surface area contributed by atoms with Gasteiger partial charge in [-0.1, -0.05) is 0 Å². The molecule has 0 bridgehead atoms. The molecule has 0 aliphatic heterocycles. The number of aromatic nitrogens is 1. The maximum atomic E-state index is 12.9. The number of halogens is 1. The molecule has 0 amide bonds. The quantitative estimate of drug-likeness (QED) is 0.680. The summed E-state index contributed by atoms with van der Waals surface area (Å²) in [6, 6.07) is 1.34. The van der Waals surface area contributed by atoms with Crippen LogP contribution in [-0.2, 0) is 11.2 Å². The fourth-order valence-electron chi connectivity index (χ4n) is 1.54. The first-order valence-electron chi connectivity index (χ1n) is 4.12. The number of esters is 1. The lowest BCUT2D eigenvalue weighted by molar-refractivity contribution is 0.0594. The van der Waals surface area contributed by atoms with Gasteiger partial charge in [-0.2, -0.15) is 0 Å². The van der Waals surface area contributed by atoms with Crippen LogP contribution in [0.3, 0.4) is 0 Å². The zero-order valence-corrected chi connectivity index (χ0v) is 7.46. The number of methoxy groups -OCH3 is 1. The van der Waals surface area contributed by atoms with Crippen molar-refractivity contribution in [3.05, 3.63) is 23.0 Å². The van der Waals surface area contributed by atoms with Crippen molar-refractivity contribution in [2.75, 3.05) is 7.11 Å². The fourth-order valence-corrected chi connectivity index (χ4v) is 1.54. The molecule has 2 rings (SSSR count).